The second-order valence-electron chi connectivity index (χ2n) is 7.93. The van der Waals surface area contributed by atoms with Gasteiger partial charge >= 0.3 is 0 Å². The third-order valence-corrected chi connectivity index (χ3v) is 5.93. The summed E-state index contributed by atoms with van der Waals surface area (Å²) in [6.07, 6.45) is 1.80. The smallest absolute Gasteiger partial charge is 0.228 e. The fourth-order valence-corrected chi connectivity index (χ4v) is 4.18. The highest BCUT2D eigenvalue weighted by Crippen LogP contribution is 2.33. The average molecular weight is 419 g/mol. The Kier molecular flexibility index (Phi) is 5.02. The molecule has 31 heavy (non-hydrogen) atoms. The molecule has 4 aromatic rings. The number of oxazole rings is 1. The van der Waals surface area contributed by atoms with Crippen molar-refractivity contribution in [2.24, 2.45) is 0 Å². The molecule has 7 heteroatoms. The summed E-state index contributed by atoms with van der Waals surface area (Å²) in [5.74, 6) is 1.10. The number of rotatable bonds is 4. The molecule has 1 aliphatic heterocycles. The van der Waals surface area contributed by atoms with Crippen molar-refractivity contribution in [3.8, 4) is 11.5 Å². The van der Waals surface area contributed by atoms with Crippen LogP contribution in [0.15, 0.2) is 57.5 Å². The monoisotopic (exact) mass is 419 g/mol. The van der Waals surface area contributed by atoms with Crippen molar-refractivity contribution in [2.45, 2.75) is 32.1 Å². The van der Waals surface area contributed by atoms with E-state index in [1.807, 2.05) is 42.2 Å². The van der Waals surface area contributed by atoms with Gasteiger partial charge in [-0.25, -0.2) is 9.37 Å². The fraction of sp³-hybridized carbons (Fsp3) is 0.292. The summed E-state index contributed by atoms with van der Waals surface area (Å²) in [6, 6.07) is 14.2. The number of aryl methyl sites for hydroxylation is 1. The molecule has 0 radical (unpaired) electrons. The van der Waals surface area contributed by atoms with Gasteiger partial charge in [0.1, 0.15) is 11.6 Å². The van der Waals surface area contributed by atoms with E-state index in [1.54, 1.807) is 6.07 Å². The van der Waals surface area contributed by atoms with Crippen molar-refractivity contribution < 1.29 is 18.1 Å². The van der Waals surface area contributed by atoms with Gasteiger partial charge in [-0.3, -0.25) is 4.79 Å². The third kappa shape index (κ3) is 3.83. The molecular weight excluding hydrogens is 397 g/mol. The van der Waals surface area contributed by atoms with E-state index in [0.717, 1.165) is 29.5 Å². The van der Waals surface area contributed by atoms with Crippen molar-refractivity contribution in [3.63, 3.8) is 0 Å². The second-order valence-corrected chi connectivity index (χ2v) is 7.93. The molecule has 158 valence electrons. The molecule has 2 aromatic heterocycles. The molecule has 0 N–H and O–H groups in total. The molecule has 3 heterocycles. The van der Waals surface area contributed by atoms with E-state index in [1.165, 1.54) is 12.1 Å². The van der Waals surface area contributed by atoms with Gasteiger partial charge in [-0.2, -0.15) is 0 Å². The number of benzene rings is 2. The summed E-state index contributed by atoms with van der Waals surface area (Å²) in [6.45, 7) is 3.12. The SMILES string of the molecule is Cc1oc(-c2ccccc2)nc1CC(=O)N1CCC(c2noc3cc(F)ccc23)CC1. The van der Waals surface area contributed by atoms with Gasteiger partial charge in [0.2, 0.25) is 11.8 Å². The summed E-state index contributed by atoms with van der Waals surface area (Å²) >= 11 is 0. The predicted octanol–water partition coefficient (Wildman–Crippen LogP) is 4.88. The number of hydrogen-bond acceptors (Lipinski definition) is 5. The van der Waals surface area contributed by atoms with Crippen LogP contribution in [0.25, 0.3) is 22.4 Å². The van der Waals surface area contributed by atoms with Crippen LogP contribution in [0.3, 0.4) is 0 Å². The van der Waals surface area contributed by atoms with Gasteiger partial charge in [0, 0.05) is 36.0 Å². The lowest BCUT2D eigenvalue weighted by atomic mass is 9.91. The number of carbonyl (C=O) groups excluding carboxylic acids is 1. The lowest BCUT2D eigenvalue weighted by Gasteiger charge is -2.31. The molecule has 0 spiro atoms. The molecule has 5 rings (SSSR count). The standard InChI is InChI=1S/C24H22FN3O3/c1-15-20(26-24(30-15)17-5-3-2-4-6-17)14-22(29)28-11-9-16(10-12-28)23-19-8-7-18(25)13-21(19)31-27-23/h2-8,13,16H,9-12,14H2,1H3. The first-order valence-corrected chi connectivity index (χ1v) is 10.4. The van der Waals surface area contributed by atoms with E-state index in [-0.39, 0.29) is 24.1 Å². The minimum Gasteiger partial charge on any atom is -0.441 e. The number of nitrogens with zero attached hydrogens (tertiary/aromatic N) is 3. The van der Waals surface area contributed by atoms with Crippen LogP contribution in [0.1, 0.15) is 35.9 Å². The summed E-state index contributed by atoms with van der Waals surface area (Å²) in [4.78, 5) is 19.3. The van der Waals surface area contributed by atoms with Gasteiger partial charge in [-0.15, -0.1) is 0 Å². The zero-order valence-corrected chi connectivity index (χ0v) is 17.2. The largest absolute Gasteiger partial charge is 0.441 e. The highest BCUT2D eigenvalue weighted by atomic mass is 19.1. The molecule has 0 saturated carbocycles. The first-order chi connectivity index (χ1) is 15.1. The van der Waals surface area contributed by atoms with Gasteiger partial charge < -0.3 is 13.8 Å². The number of piperidine rings is 1. The summed E-state index contributed by atoms with van der Waals surface area (Å²) in [5.41, 5.74) is 2.88. The number of hydrogen-bond donors (Lipinski definition) is 0. The number of aromatic nitrogens is 2. The van der Waals surface area contributed by atoms with Gasteiger partial charge in [0.15, 0.2) is 5.58 Å². The van der Waals surface area contributed by atoms with E-state index < -0.39 is 0 Å². The van der Waals surface area contributed by atoms with Gasteiger partial charge in [0.25, 0.3) is 0 Å². The van der Waals surface area contributed by atoms with E-state index in [9.17, 15) is 9.18 Å². The maximum absolute atomic E-state index is 13.4. The van der Waals surface area contributed by atoms with Crippen molar-refractivity contribution in [2.75, 3.05) is 13.1 Å². The zero-order valence-electron chi connectivity index (χ0n) is 17.2. The van der Waals surface area contributed by atoms with Crippen LogP contribution in [0.4, 0.5) is 4.39 Å². The van der Waals surface area contributed by atoms with E-state index in [0.29, 0.717) is 36.0 Å². The highest BCUT2D eigenvalue weighted by molar-refractivity contribution is 5.80. The first-order valence-electron chi connectivity index (χ1n) is 10.4. The molecule has 1 aliphatic rings. The van der Waals surface area contributed by atoms with Crippen LogP contribution in [-0.2, 0) is 11.2 Å². The molecular formula is C24H22FN3O3. The number of halogens is 1. The lowest BCUT2D eigenvalue weighted by Crippen LogP contribution is -2.39. The van der Waals surface area contributed by atoms with Crippen LogP contribution in [0, 0.1) is 12.7 Å². The van der Waals surface area contributed by atoms with Crippen LogP contribution >= 0.6 is 0 Å². The molecule has 6 nitrogen and oxygen atoms in total. The Morgan fingerprint density at radius 1 is 1.16 bits per heavy atom. The molecule has 1 amide bonds. The topological polar surface area (TPSA) is 72.4 Å². The van der Waals surface area contributed by atoms with Crippen molar-refractivity contribution in [1.82, 2.24) is 15.0 Å². The van der Waals surface area contributed by atoms with Crippen LogP contribution in [0.5, 0.6) is 0 Å². The molecule has 0 unspecified atom stereocenters. The second kappa shape index (κ2) is 7.98. The molecule has 2 aromatic carbocycles. The Labute approximate surface area is 178 Å². The van der Waals surface area contributed by atoms with Crippen molar-refractivity contribution in [1.29, 1.82) is 0 Å². The quantitative estimate of drug-likeness (QED) is 0.471. The Hall–Kier alpha value is -3.48. The normalized spacial score (nSPS) is 15.0. The number of amides is 1. The van der Waals surface area contributed by atoms with Gasteiger partial charge in [0.05, 0.1) is 17.8 Å². The summed E-state index contributed by atoms with van der Waals surface area (Å²) in [5, 5.41) is 5.02. The number of carbonyl (C=O) groups is 1. The third-order valence-electron chi connectivity index (χ3n) is 5.93. The van der Waals surface area contributed by atoms with Crippen molar-refractivity contribution in [3.05, 3.63) is 71.5 Å². The van der Waals surface area contributed by atoms with E-state index >= 15 is 0 Å². The van der Waals surface area contributed by atoms with Crippen LogP contribution in [0.2, 0.25) is 0 Å². The van der Waals surface area contributed by atoms with E-state index in [4.69, 9.17) is 8.94 Å². The van der Waals surface area contributed by atoms with Gasteiger partial charge in [-0.05, 0) is 44.0 Å². The maximum atomic E-state index is 13.4. The Bertz CT molecular complexity index is 1220. The molecule has 0 aliphatic carbocycles. The first kappa shape index (κ1) is 19.5. The minimum absolute atomic E-state index is 0.0431. The van der Waals surface area contributed by atoms with Gasteiger partial charge in [-0.1, -0.05) is 23.4 Å². The summed E-state index contributed by atoms with van der Waals surface area (Å²) in [7, 11) is 0. The highest BCUT2D eigenvalue weighted by Gasteiger charge is 2.28. The Morgan fingerprint density at radius 3 is 2.71 bits per heavy atom. The maximum Gasteiger partial charge on any atom is 0.228 e. The van der Waals surface area contributed by atoms with E-state index in [2.05, 4.69) is 10.1 Å². The Morgan fingerprint density at radius 2 is 1.94 bits per heavy atom. The molecule has 0 atom stereocenters. The van der Waals surface area contributed by atoms with Crippen LogP contribution < -0.4 is 0 Å². The summed E-state index contributed by atoms with van der Waals surface area (Å²) < 4.78 is 24.5. The lowest BCUT2D eigenvalue weighted by molar-refractivity contribution is -0.131. The number of fused-ring (bicyclic) bond motifs is 1. The minimum atomic E-state index is -0.339. The van der Waals surface area contributed by atoms with Crippen LogP contribution in [-0.4, -0.2) is 34.0 Å². The number of likely N-dealkylation sites (tertiary alicyclic amines) is 1. The molecule has 1 saturated heterocycles. The zero-order chi connectivity index (χ0) is 21.4. The Balaban J connectivity index is 1.24. The predicted molar refractivity (Wildman–Crippen MR) is 113 cm³/mol. The molecule has 1 fully saturated rings. The average Bonchev–Trinajstić information content (AvgIpc) is 3.37. The van der Waals surface area contributed by atoms with Crippen molar-refractivity contribution >= 4 is 16.9 Å². The fourth-order valence-electron chi connectivity index (χ4n) is 4.18. The molecule has 0 bridgehead atoms.